The van der Waals surface area contributed by atoms with E-state index in [0.717, 1.165) is 38.4 Å². The van der Waals surface area contributed by atoms with Crippen molar-refractivity contribution in [2.24, 2.45) is 0 Å². The molecule has 1 aromatic rings. The molecule has 1 heterocycles. The summed E-state index contributed by atoms with van der Waals surface area (Å²) in [5, 5.41) is 2.89. The average Bonchev–Trinajstić information content (AvgIpc) is 2.53. The lowest BCUT2D eigenvalue weighted by molar-refractivity contribution is -0.116. The minimum absolute atomic E-state index is 0.0259. The predicted octanol–water partition coefficient (Wildman–Crippen LogP) is 1.31. The first kappa shape index (κ1) is 16.3. The zero-order chi connectivity index (χ0) is 15.9. The molecular formula is C16H24N4O2. The molecule has 3 amide bonds. The van der Waals surface area contributed by atoms with E-state index >= 15 is 0 Å². The van der Waals surface area contributed by atoms with Gasteiger partial charge in [0.15, 0.2) is 0 Å². The molecule has 120 valence electrons. The SMILES string of the molecule is CN(C)C(=O)N1CCN(CCC(=O)Nc2ccccc2)CC1. The molecule has 1 aliphatic rings. The van der Waals surface area contributed by atoms with Gasteiger partial charge in [0, 0.05) is 58.9 Å². The molecule has 0 radical (unpaired) electrons. The highest BCUT2D eigenvalue weighted by molar-refractivity contribution is 5.90. The number of anilines is 1. The van der Waals surface area contributed by atoms with E-state index in [1.165, 1.54) is 0 Å². The van der Waals surface area contributed by atoms with Gasteiger partial charge in [-0.1, -0.05) is 18.2 Å². The fourth-order valence-corrected chi connectivity index (χ4v) is 2.45. The molecule has 6 nitrogen and oxygen atoms in total. The Kier molecular flexibility index (Phi) is 5.77. The molecule has 0 atom stereocenters. The van der Waals surface area contributed by atoms with Crippen molar-refractivity contribution in [3.05, 3.63) is 30.3 Å². The van der Waals surface area contributed by atoms with Gasteiger partial charge in [0.05, 0.1) is 0 Å². The van der Waals surface area contributed by atoms with Crippen LogP contribution in [-0.4, -0.2) is 73.5 Å². The van der Waals surface area contributed by atoms with Crippen molar-refractivity contribution in [1.29, 1.82) is 0 Å². The van der Waals surface area contributed by atoms with Gasteiger partial charge in [-0.25, -0.2) is 4.79 Å². The first-order valence-corrected chi connectivity index (χ1v) is 7.60. The second-order valence-corrected chi connectivity index (χ2v) is 5.67. The highest BCUT2D eigenvalue weighted by Crippen LogP contribution is 2.07. The minimum Gasteiger partial charge on any atom is -0.331 e. The number of urea groups is 1. The van der Waals surface area contributed by atoms with E-state index < -0.39 is 0 Å². The van der Waals surface area contributed by atoms with Crippen LogP contribution in [0.25, 0.3) is 0 Å². The molecule has 0 bridgehead atoms. The number of amides is 3. The van der Waals surface area contributed by atoms with E-state index in [0.29, 0.717) is 6.42 Å². The summed E-state index contributed by atoms with van der Waals surface area (Å²) in [4.78, 5) is 29.4. The second-order valence-electron chi connectivity index (χ2n) is 5.67. The van der Waals surface area contributed by atoms with E-state index in [-0.39, 0.29) is 11.9 Å². The van der Waals surface area contributed by atoms with Gasteiger partial charge >= 0.3 is 6.03 Å². The predicted molar refractivity (Wildman–Crippen MR) is 86.8 cm³/mol. The molecular weight excluding hydrogens is 280 g/mol. The van der Waals surface area contributed by atoms with Crippen LogP contribution in [0.1, 0.15) is 6.42 Å². The van der Waals surface area contributed by atoms with Crippen molar-refractivity contribution in [2.75, 3.05) is 52.1 Å². The van der Waals surface area contributed by atoms with Gasteiger partial charge in [-0.3, -0.25) is 9.69 Å². The van der Waals surface area contributed by atoms with Crippen molar-refractivity contribution in [3.63, 3.8) is 0 Å². The number of carbonyl (C=O) groups excluding carboxylic acids is 2. The summed E-state index contributed by atoms with van der Waals surface area (Å²) in [6, 6.07) is 9.53. The molecule has 2 rings (SSSR count). The summed E-state index contributed by atoms with van der Waals surface area (Å²) in [7, 11) is 3.53. The van der Waals surface area contributed by atoms with Gasteiger partial charge < -0.3 is 15.1 Å². The zero-order valence-corrected chi connectivity index (χ0v) is 13.3. The van der Waals surface area contributed by atoms with Crippen LogP contribution in [0.4, 0.5) is 10.5 Å². The molecule has 0 unspecified atom stereocenters. The fourth-order valence-electron chi connectivity index (χ4n) is 2.45. The van der Waals surface area contributed by atoms with Crippen molar-refractivity contribution < 1.29 is 9.59 Å². The molecule has 1 fully saturated rings. The first-order chi connectivity index (χ1) is 10.6. The van der Waals surface area contributed by atoms with Crippen LogP contribution in [0.5, 0.6) is 0 Å². The maximum absolute atomic E-state index is 11.9. The molecule has 0 aromatic heterocycles. The molecule has 1 aliphatic heterocycles. The lowest BCUT2D eigenvalue weighted by atomic mass is 10.2. The van der Waals surface area contributed by atoms with E-state index in [1.807, 2.05) is 35.2 Å². The number of para-hydroxylation sites is 1. The van der Waals surface area contributed by atoms with Crippen LogP contribution in [0.15, 0.2) is 30.3 Å². The topological polar surface area (TPSA) is 55.9 Å². The molecule has 1 saturated heterocycles. The van der Waals surface area contributed by atoms with Crippen molar-refractivity contribution in [2.45, 2.75) is 6.42 Å². The molecule has 1 N–H and O–H groups in total. The summed E-state index contributed by atoms with van der Waals surface area (Å²) >= 11 is 0. The van der Waals surface area contributed by atoms with Gasteiger partial charge in [0.25, 0.3) is 0 Å². The van der Waals surface area contributed by atoms with Crippen LogP contribution in [-0.2, 0) is 4.79 Å². The third-order valence-electron chi connectivity index (χ3n) is 3.74. The number of hydrogen-bond acceptors (Lipinski definition) is 3. The van der Waals surface area contributed by atoms with Gasteiger partial charge in [-0.05, 0) is 12.1 Å². The Morgan fingerprint density at radius 3 is 2.32 bits per heavy atom. The number of nitrogens with one attached hydrogen (secondary N) is 1. The van der Waals surface area contributed by atoms with E-state index in [2.05, 4.69) is 10.2 Å². The molecule has 22 heavy (non-hydrogen) atoms. The Morgan fingerprint density at radius 1 is 1.09 bits per heavy atom. The fraction of sp³-hybridized carbons (Fsp3) is 0.500. The van der Waals surface area contributed by atoms with Gasteiger partial charge in [0.1, 0.15) is 0 Å². The van der Waals surface area contributed by atoms with Crippen LogP contribution in [0.3, 0.4) is 0 Å². The summed E-state index contributed by atoms with van der Waals surface area (Å²) in [5.41, 5.74) is 0.828. The summed E-state index contributed by atoms with van der Waals surface area (Å²) in [6.45, 7) is 3.80. The Morgan fingerprint density at radius 2 is 1.73 bits per heavy atom. The Hall–Kier alpha value is -2.08. The number of piperazine rings is 1. The molecule has 1 aromatic carbocycles. The van der Waals surface area contributed by atoms with Gasteiger partial charge in [-0.2, -0.15) is 0 Å². The number of nitrogens with zero attached hydrogens (tertiary/aromatic N) is 3. The maximum Gasteiger partial charge on any atom is 0.319 e. The average molecular weight is 304 g/mol. The lowest BCUT2D eigenvalue weighted by Crippen LogP contribution is -2.51. The van der Waals surface area contributed by atoms with Crippen LogP contribution in [0, 0.1) is 0 Å². The van der Waals surface area contributed by atoms with Gasteiger partial charge in [-0.15, -0.1) is 0 Å². The van der Waals surface area contributed by atoms with Gasteiger partial charge in [0.2, 0.25) is 5.91 Å². The van der Waals surface area contributed by atoms with E-state index in [1.54, 1.807) is 19.0 Å². The summed E-state index contributed by atoms with van der Waals surface area (Å²) in [6.07, 6.45) is 0.469. The van der Waals surface area contributed by atoms with E-state index in [4.69, 9.17) is 0 Å². The second kappa shape index (κ2) is 7.79. The highest BCUT2D eigenvalue weighted by atomic mass is 16.2. The molecule has 0 aliphatic carbocycles. The first-order valence-electron chi connectivity index (χ1n) is 7.60. The smallest absolute Gasteiger partial charge is 0.319 e. The number of carbonyl (C=O) groups is 2. The monoisotopic (exact) mass is 304 g/mol. The summed E-state index contributed by atoms with van der Waals surface area (Å²) in [5.74, 6) is 0.0259. The van der Waals surface area contributed by atoms with E-state index in [9.17, 15) is 9.59 Å². The number of hydrogen-bond donors (Lipinski definition) is 1. The normalized spacial score (nSPS) is 15.5. The minimum atomic E-state index is 0.0259. The van der Waals surface area contributed by atoms with Crippen molar-refractivity contribution in [3.8, 4) is 0 Å². The molecule has 0 spiro atoms. The number of rotatable bonds is 4. The van der Waals surface area contributed by atoms with Crippen LogP contribution >= 0.6 is 0 Å². The summed E-state index contributed by atoms with van der Waals surface area (Å²) < 4.78 is 0. The lowest BCUT2D eigenvalue weighted by Gasteiger charge is -2.35. The van der Waals surface area contributed by atoms with Crippen molar-refractivity contribution in [1.82, 2.24) is 14.7 Å². The molecule has 6 heteroatoms. The zero-order valence-electron chi connectivity index (χ0n) is 13.3. The largest absolute Gasteiger partial charge is 0.331 e. The highest BCUT2D eigenvalue weighted by Gasteiger charge is 2.22. The standard InChI is InChI=1S/C16H24N4O2/c1-18(2)16(22)20-12-10-19(11-13-20)9-8-15(21)17-14-6-4-3-5-7-14/h3-7H,8-13H2,1-2H3,(H,17,21). The Balaban J connectivity index is 1.68. The quantitative estimate of drug-likeness (QED) is 0.912. The third-order valence-corrected chi connectivity index (χ3v) is 3.74. The van der Waals surface area contributed by atoms with Crippen LogP contribution in [0.2, 0.25) is 0 Å². The number of benzene rings is 1. The van der Waals surface area contributed by atoms with Crippen molar-refractivity contribution >= 4 is 17.6 Å². The third kappa shape index (κ3) is 4.73. The Labute approximate surface area is 131 Å². The molecule has 0 saturated carbocycles. The Bertz CT molecular complexity index is 496. The maximum atomic E-state index is 11.9. The van der Waals surface area contributed by atoms with Crippen LogP contribution < -0.4 is 5.32 Å².